The molecule has 0 radical (unpaired) electrons. The van der Waals surface area contributed by atoms with Gasteiger partial charge in [0.2, 0.25) is 15.9 Å². The molecule has 0 unspecified atom stereocenters. The number of nitrogens with zero attached hydrogens (tertiary/aromatic N) is 2. The van der Waals surface area contributed by atoms with Gasteiger partial charge < -0.3 is 21.9 Å². The van der Waals surface area contributed by atoms with Gasteiger partial charge in [0, 0.05) is 31.5 Å². The van der Waals surface area contributed by atoms with E-state index in [2.05, 4.69) is 15.0 Å². The van der Waals surface area contributed by atoms with Crippen LogP contribution in [0.15, 0.2) is 16.6 Å². The molecule has 1 heterocycles. The van der Waals surface area contributed by atoms with Crippen molar-refractivity contribution in [2.45, 2.75) is 69.5 Å². The van der Waals surface area contributed by atoms with Crippen molar-refractivity contribution in [3.05, 3.63) is 11.6 Å². The highest BCUT2D eigenvalue weighted by molar-refractivity contribution is 7.90. The van der Waals surface area contributed by atoms with Gasteiger partial charge in [-0.2, -0.15) is 0 Å². The van der Waals surface area contributed by atoms with E-state index in [0.29, 0.717) is 19.5 Å². The first kappa shape index (κ1) is 24.1. The van der Waals surface area contributed by atoms with E-state index in [4.69, 9.17) is 11.5 Å². The van der Waals surface area contributed by atoms with Crippen LogP contribution in [0, 0.1) is 0 Å². The fourth-order valence-electron chi connectivity index (χ4n) is 3.92. The summed E-state index contributed by atoms with van der Waals surface area (Å²) in [7, 11) is -3.45. The minimum atomic E-state index is -3.45. The zero-order valence-electron chi connectivity index (χ0n) is 17.5. The molecule has 12 heteroatoms. The molecule has 4 atom stereocenters. The molecule has 30 heavy (non-hydrogen) atoms. The molecule has 11 nitrogen and oxygen atoms in total. The van der Waals surface area contributed by atoms with Crippen molar-refractivity contribution in [2.75, 3.05) is 13.1 Å². The summed E-state index contributed by atoms with van der Waals surface area (Å²) in [6.45, 7) is 5.59. The highest BCUT2D eigenvalue weighted by atomic mass is 32.2. The lowest BCUT2D eigenvalue weighted by Crippen LogP contribution is -2.61. The van der Waals surface area contributed by atoms with Crippen molar-refractivity contribution < 1.29 is 23.1 Å². The molecule has 0 bridgehead atoms. The standard InChI is InChI=1S/C18H32N6O5S/c1-10(2)30(28,29)23-13-5-4-6-24(9-13)15-8-12(17(26)27)7-14(22-18(19)20)16(15)21-11(3)25/h8,10,13-16,23H,4-7,9H2,1-3H3,(H,21,25)(H,26,27)(H4,19,20,22)/t13-,14-,15+,16+/m0/s1. The van der Waals surface area contributed by atoms with Gasteiger partial charge in [-0.25, -0.2) is 22.9 Å². The summed E-state index contributed by atoms with van der Waals surface area (Å²) in [5, 5.41) is 11.9. The number of guanidine groups is 1. The molecule has 170 valence electrons. The lowest BCUT2D eigenvalue weighted by molar-refractivity contribution is -0.133. The average molecular weight is 445 g/mol. The van der Waals surface area contributed by atoms with E-state index in [1.807, 2.05) is 4.90 Å². The number of sulfonamides is 1. The van der Waals surface area contributed by atoms with Gasteiger partial charge in [-0.15, -0.1) is 0 Å². The number of amides is 1. The second-order valence-corrected chi connectivity index (χ2v) is 10.4. The molecule has 1 fully saturated rings. The SMILES string of the molecule is CC(=O)N[C@@H]1[C@@H](N=C(N)N)CC(C(=O)O)=C[C@H]1N1CCC[C@H](NS(=O)(=O)C(C)C)C1. The molecule has 0 aromatic heterocycles. The lowest BCUT2D eigenvalue weighted by Gasteiger charge is -2.44. The molecule has 2 rings (SSSR count). The quantitative estimate of drug-likeness (QED) is 0.237. The maximum atomic E-state index is 12.3. The normalized spacial score (nSPS) is 27.9. The number of piperidine rings is 1. The van der Waals surface area contributed by atoms with Gasteiger partial charge in [0.15, 0.2) is 5.96 Å². The van der Waals surface area contributed by atoms with Crippen LogP contribution in [0.5, 0.6) is 0 Å². The zero-order chi connectivity index (χ0) is 22.6. The van der Waals surface area contributed by atoms with Gasteiger partial charge in [0.25, 0.3) is 0 Å². The molecular formula is C18H32N6O5S. The molecular weight excluding hydrogens is 412 g/mol. The fourth-order valence-corrected chi connectivity index (χ4v) is 4.85. The Labute approximate surface area is 177 Å². The zero-order valence-corrected chi connectivity index (χ0v) is 18.4. The Balaban J connectivity index is 2.35. The van der Waals surface area contributed by atoms with Crippen molar-refractivity contribution in [3.8, 4) is 0 Å². The van der Waals surface area contributed by atoms with Crippen LogP contribution in [0.25, 0.3) is 0 Å². The van der Waals surface area contributed by atoms with Crippen LogP contribution in [-0.4, -0.2) is 78.8 Å². The second-order valence-electron chi connectivity index (χ2n) is 8.09. The number of rotatable bonds is 7. The molecule has 0 aromatic carbocycles. The molecule has 0 aromatic rings. The predicted molar refractivity (Wildman–Crippen MR) is 113 cm³/mol. The van der Waals surface area contributed by atoms with Crippen molar-refractivity contribution in [3.63, 3.8) is 0 Å². The topological polar surface area (TPSA) is 180 Å². The Bertz CT molecular complexity index is 821. The van der Waals surface area contributed by atoms with Crippen molar-refractivity contribution in [2.24, 2.45) is 16.5 Å². The van der Waals surface area contributed by atoms with Crippen LogP contribution in [0.1, 0.15) is 40.0 Å². The van der Waals surface area contributed by atoms with E-state index in [-0.39, 0.29) is 29.9 Å². The number of carboxylic acids is 1. The average Bonchev–Trinajstić information content (AvgIpc) is 2.61. The summed E-state index contributed by atoms with van der Waals surface area (Å²) < 4.78 is 27.3. The van der Waals surface area contributed by atoms with Crippen LogP contribution >= 0.6 is 0 Å². The predicted octanol–water partition coefficient (Wildman–Crippen LogP) is -1.29. The van der Waals surface area contributed by atoms with Gasteiger partial charge in [-0.3, -0.25) is 9.69 Å². The van der Waals surface area contributed by atoms with Crippen molar-refractivity contribution >= 4 is 27.9 Å². The van der Waals surface area contributed by atoms with Crippen LogP contribution in [-0.2, 0) is 19.6 Å². The summed E-state index contributed by atoms with van der Waals surface area (Å²) in [5.41, 5.74) is 11.2. The summed E-state index contributed by atoms with van der Waals surface area (Å²) in [5.74, 6) is -1.56. The van der Waals surface area contributed by atoms with Crippen molar-refractivity contribution in [1.82, 2.24) is 14.9 Å². The monoisotopic (exact) mass is 444 g/mol. The van der Waals surface area contributed by atoms with Gasteiger partial charge in [0.05, 0.1) is 23.4 Å². The number of carbonyl (C=O) groups excluding carboxylic acids is 1. The molecule has 7 N–H and O–H groups in total. The van der Waals surface area contributed by atoms with E-state index in [9.17, 15) is 23.1 Å². The third-order valence-electron chi connectivity index (χ3n) is 5.37. The first-order chi connectivity index (χ1) is 13.9. The third-order valence-corrected chi connectivity index (χ3v) is 7.27. The summed E-state index contributed by atoms with van der Waals surface area (Å²) >= 11 is 0. The van der Waals surface area contributed by atoms with E-state index in [1.165, 1.54) is 6.92 Å². The Morgan fingerprint density at radius 1 is 1.33 bits per heavy atom. The van der Waals surface area contributed by atoms with E-state index in [0.717, 1.165) is 6.42 Å². The molecule has 1 saturated heterocycles. The number of aliphatic imine (C=N–C) groups is 1. The molecule has 0 saturated carbocycles. The van der Waals surface area contributed by atoms with Gasteiger partial charge in [-0.05, 0) is 33.2 Å². The van der Waals surface area contributed by atoms with Crippen LogP contribution in [0.3, 0.4) is 0 Å². The highest BCUT2D eigenvalue weighted by Gasteiger charge is 2.40. The number of carbonyl (C=O) groups is 2. The Hall–Kier alpha value is -2.18. The number of nitrogens with two attached hydrogens (primary N) is 2. The number of nitrogens with one attached hydrogen (secondary N) is 2. The number of hydrogen-bond donors (Lipinski definition) is 5. The van der Waals surface area contributed by atoms with Gasteiger partial charge in [-0.1, -0.05) is 6.08 Å². The number of likely N-dealkylation sites (tertiary alicyclic amines) is 1. The Morgan fingerprint density at radius 3 is 2.53 bits per heavy atom. The maximum Gasteiger partial charge on any atom is 0.331 e. The molecule has 2 aliphatic rings. The van der Waals surface area contributed by atoms with Crippen LogP contribution in [0.2, 0.25) is 0 Å². The minimum Gasteiger partial charge on any atom is -0.478 e. The van der Waals surface area contributed by atoms with E-state index in [1.54, 1.807) is 19.9 Å². The van der Waals surface area contributed by atoms with Gasteiger partial charge in [0.1, 0.15) is 0 Å². The molecule has 0 spiro atoms. The Kier molecular flexibility index (Phi) is 7.83. The van der Waals surface area contributed by atoms with Gasteiger partial charge >= 0.3 is 5.97 Å². The molecule has 1 aliphatic carbocycles. The smallest absolute Gasteiger partial charge is 0.331 e. The maximum absolute atomic E-state index is 12.3. The number of hydrogen-bond acceptors (Lipinski definition) is 6. The first-order valence-corrected chi connectivity index (χ1v) is 11.5. The Morgan fingerprint density at radius 2 is 2.00 bits per heavy atom. The first-order valence-electron chi connectivity index (χ1n) is 9.95. The number of aliphatic carboxylic acids is 1. The van der Waals surface area contributed by atoms with Crippen LogP contribution in [0.4, 0.5) is 0 Å². The molecule has 1 aliphatic heterocycles. The summed E-state index contributed by atoms with van der Waals surface area (Å²) in [4.78, 5) is 29.7. The minimum absolute atomic E-state index is 0.0753. The van der Waals surface area contributed by atoms with E-state index < -0.39 is 39.4 Å². The van der Waals surface area contributed by atoms with Crippen molar-refractivity contribution in [1.29, 1.82) is 0 Å². The largest absolute Gasteiger partial charge is 0.478 e. The lowest BCUT2D eigenvalue weighted by atomic mass is 9.84. The fraction of sp³-hybridized carbons (Fsp3) is 0.722. The summed E-state index contributed by atoms with van der Waals surface area (Å²) in [6.07, 6.45) is 3.08. The molecule has 1 amide bonds. The van der Waals surface area contributed by atoms with E-state index >= 15 is 0 Å². The second kappa shape index (κ2) is 9.75. The highest BCUT2D eigenvalue weighted by Crippen LogP contribution is 2.28. The summed E-state index contributed by atoms with van der Waals surface area (Å²) in [6, 6.07) is -2.00. The third kappa shape index (κ3) is 6.16. The number of carboxylic acid groups (broad SMARTS) is 1. The van der Waals surface area contributed by atoms with Crippen LogP contribution < -0.4 is 21.5 Å².